The van der Waals surface area contributed by atoms with Crippen molar-refractivity contribution in [3.63, 3.8) is 0 Å². The minimum atomic E-state index is -6.00. The van der Waals surface area contributed by atoms with Gasteiger partial charge in [0, 0.05) is 12.5 Å². The number of aromatic nitrogens is 2. The summed E-state index contributed by atoms with van der Waals surface area (Å²) >= 11 is 0. The van der Waals surface area contributed by atoms with Gasteiger partial charge in [0.15, 0.2) is 12.7 Å². The molecule has 14 heavy (non-hydrogen) atoms. The van der Waals surface area contributed by atoms with Gasteiger partial charge in [-0.15, -0.1) is 0 Å². The third-order valence-corrected chi connectivity index (χ3v) is 1.12. The predicted octanol–water partition coefficient (Wildman–Crippen LogP) is 2.08. The lowest BCUT2D eigenvalue weighted by Gasteiger charge is -1.94. The first kappa shape index (κ1) is 12.9. The highest BCUT2D eigenvalue weighted by atomic mass is 19.5. The van der Waals surface area contributed by atoms with Gasteiger partial charge in [-0.3, -0.25) is 0 Å². The Morgan fingerprint density at radius 3 is 2.14 bits per heavy atom. The molecular formula is C7H11BF4N2. The Morgan fingerprint density at radius 1 is 1.21 bits per heavy atom. The van der Waals surface area contributed by atoms with Crippen molar-refractivity contribution in [3.05, 3.63) is 24.5 Å². The number of halogens is 4. The van der Waals surface area contributed by atoms with Crippen LogP contribution in [0.1, 0.15) is 13.3 Å². The molecule has 0 bridgehead atoms. The van der Waals surface area contributed by atoms with Crippen molar-refractivity contribution in [1.29, 1.82) is 0 Å². The molecule has 0 saturated heterocycles. The first-order valence-electron chi connectivity index (χ1n) is 4.11. The summed E-state index contributed by atoms with van der Waals surface area (Å²) in [5.74, 6) is 0. The maximum absolute atomic E-state index is 9.75. The summed E-state index contributed by atoms with van der Waals surface area (Å²) in [6, 6.07) is 3.91. The molecule has 0 saturated carbocycles. The minimum Gasteiger partial charge on any atom is -0.418 e. The minimum absolute atomic E-state index is 1.01. The second-order valence-electron chi connectivity index (χ2n) is 2.46. The maximum Gasteiger partial charge on any atom is 0.673 e. The molecule has 1 rings (SSSR count). The lowest BCUT2D eigenvalue weighted by atomic mass is 10.3. The van der Waals surface area contributed by atoms with Crippen LogP contribution in [0.25, 0.3) is 0 Å². The summed E-state index contributed by atoms with van der Waals surface area (Å²) in [7, 11) is -6.00. The van der Waals surface area contributed by atoms with Gasteiger partial charge in [-0.05, 0) is 11.2 Å². The predicted molar refractivity (Wildman–Crippen MR) is 44.9 cm³/mol. The van der Waals surface area contributed by atoms with Gasteiger partial charge in [0.2, 0.25) is 0 Å². The van der Waals surface area contributed by atoms with Gasteiger partial charge in [0.05, 0.1) is 6.20 Å². The van der Waals surface area contributed by atoms with Crippen LogP contribution in [0.2, 0.25) is 0 Å². The average molecular weight is 210 g/mol. The molecule has 0 N–H and O–H groups in total. The largest absolute Gasteiger partial charge is 0.673 e. The van der Waals surface area contributed by atoms with E-state index in [4.69, 9.17) is 0 Å². The topological polar surface area (TPSA) is 16.8 Å². The summed E-state index contributed by atoms with van der Waals surface area (Å²) in [6.07, 6.45) is 4.92. The van der Waals surface area contributed by atoms with Crippen molar-refractivity contribution in [2.24, 2.45) is 0 Å². The average Bonchev–Trinajstić information content (AvgIpc) is 2.03. The fraction of sp³-hybridized carbons (Fsp3) is 0.429. The second-order valence-corrected chi connectivity index (χ2v) is 2.46. The van der Waals surface area contributed by atoms with E-state index in [1.807, 2.05) is 23.0 Å². The van der Waals surface area contributed by atoms with E-state index in [1.54, 1.807) is 6.20 Å². The quantitative estimate of drug-likeness (QED) is 0.414. The molecule has 0 amide bonds. The fourth-order valence-corrected chi connectivity index (χ4v) is 0.723. The van der Waals surface area contributed by atoms with Crippen LogP contribution in [0.15, 0.2) is 24.5 Å². The van der Waals surface area contributed by atoms with E-state index in [-0.39, 0.29) is 0 Å². The molecule has 0 aliphatic rings. The molecule has 2 nitrogen and oxygen atoms in total. The first-order chi connectivity index (χ1) is 6.43. The van der Waals surface area contributed by atoms with Gasteiger partial charge in [0.25, 0.3) is 0 Å². The normalized spacial score (nSPS) is 10.4. The zero-order valence-corrected chi connectivity index (χ0v) is 7.71. The molecule has 80 valence electrons. The van der Waals surface area contributed by atoms with E-state index < -0.39 is 7.25 Å². The van der Waals surface area contributed by atoms with Crippen molar-refractivity contribution < 1.29 is 21.9 Å². The summed E-state index contributed by atoms with van der Waals surface area (Å²) in [4.78, 5) is 0. The molecule has 0 fully saturated rings. The van der Waals surface area contributed by atoms with E-state index in [9.17, 15) is 17.3 Å². The Kier molecular flexibility index (Phi) is 5.82. The number of hydrogen-bond donors (Lipinski definition) is 0. The summed E-state index contributed by atoms with van der Waals surface area (Å²) in [5, 5.41) is 4.09. The first-order valence-corrected chi connectivity index (χ1v) is 4.11. The van der Waals surface area contributed by atoms with Crippen LogP contribution in [0.3, 0.4) is 0 Å². The van der Waals surface area contributed by atoms with Crippen LogP contribution in [-0.2, 0) is 6.54 Å². The number of nitrogens with zero attached hydrogens (tertiary/aromatic N) is 2. The zero-order valence-electron chi connectivity index (χ0n) is 7.71. The summed E-state index contributed by atoms with van der Waals surface area (Å²) in [5.41, 5.74) is 0. The highest BCUT2D eigenvalue weighted by molar-refractivity contribution is 6.50. The second kappa shape index (κ2) is 6.34. The molecule has 0 aliphatic heterocycles. The number of rotatable bonds is 2. The van der Waals surface area contributed by atoms with Crippen LogP contribution >= 0.6 is 0 Å². The third-order valence-electron chi connectivity index (χ3n) is 1.12. The lowest BCUT2D eigenvalue weighted by Crippen LogP contribution is -2.36. The Bertz CT molecular complexity index is 233. The Morgan fingerprint density at radius 2 is 1.79 bits per heavy atom. The molecule has 0 atom stereocenters. The van der Waals surface area contributed by atoms with Crippen LogP contribution in [-0.4, -0.2) is 12.4 Å². The van der Waals surface area contributed by atoms with Crippen molar-refractivity contribution >= 4 is 7.25 Å². The van der Waals surface area contributed by atoms with Crippen molar-refractivity contribution in [2.45, 2.75) is 19.9 Å². The van der Waals surface area contributed by atoms with Gasteiger partial charge < -0.3 is 17.3 Å². The molecule has 0 unspecified atom stereocenters. The molecule has 7 heteroatoms. The molecule has 0 radical (unpaired) electrons. The van der Waals surface area contributed by atoms with E-state index in [0.717, 1.165) is 13.0 Å². The molecule has 0 aromatic carbocycles. The van der Waals surface area contributed by atoms with Crippen molar-refractivity contribution in [2.75, 3.05) is 0 Å². The summed E-state index contributed by atoms with van der Waals surface area (Å²) in [6.45, 7) is 3.16. The lowest BCUT2D eigenvalue weighted by molar-refractivity contribution is -0.753. The summed E-state index contributed by atoms with van der Waals surface area (Å²) < 4.78 is 40.9. The standard InChI is InChI=1S/C7H11N2.BF4/c1-2-6-9-7-4-3-5-8-9;2-1(3,4)5/h3-5,7H,2,6H2,1H3;/q+1;-1. The highest BCUT2D eigenvalue weighted by Crippen LogP contribution is 2.06. The SMILES string of the molecule is CCC[n+]1ccccn1.F[B-](F)(F)F. The van der Waals surface area contributed by atoms with Gasteiger partial charge in [-0.25, -0.2) is 0 Å². The van der Waals surface area contributed by atoms with Gasteiger partial charge in [-0.2, -0.15) is 0 Å². The Hall–Kier alpha value is -1.14. The Labute approximate surface area is 79.7 Å². The van der Waals surface area contributed by atoms with Crippen LogP contribution in [0, 0.1) is 0 Å². The van der Waals surface area contributed by atoms with Crippen molar-refractivity contribution in [1.82, 2.24) is 5.10 Å². The van der Waals surface area contributed by atoms with E-state index in [2.05, 4.69) is 12.0 Å². The van der Waals surface area contributed by atoms with Gasteiger partial charge in [0.1, 0.15) is 0 Å². The number of aryl methyl sites for hydroxylation is 1. The Balaban J connectivity index is 0.000000292. The van der Waals surface area contributed by atoms with E-state index in [0.29, 0.717) is 0 Å². The van der Waals surface area contributed by atoms with Crippen LogP contribution in [0.5, 0.6) is 0 Å². The third kappa shape index (κ3) is 10.9. The maximum atomic E-state index is 9.75. The molecule has 1 aromatic heterocycles. The van der Waals surface area contributed by atoms with Gasteiger partial charge in [-0.1, -0.05) is 11.6 Å². The van der Waals surface area contributed by atoms with Gasteiger partial charge >= 0.3 is 7.25 Å². The fourth-order valence-electron chi connectivity index (χ4n) is 0.723. The van der Waals surface area contributed by atoms with Crippen LogP contribution in [0.4, 0.5) is 17.3 Å². The monoisotopic (exact) mass is 210 g/mol. The molecule has 1 aromatic rings. The zero-order chi connectivity index (χ0) is 11.0. The molecular weight excluding hydrogens is 199 g/mol. The number of hydrogen-bond acceptors (Lipinski definition) is 1. The van der Waals surface area contributed by atoms with E-state index in [1.165, 1.54) is 0 Å². The smallest absolute Gasteiger partial charge is 0.418 e. The molecule has 1 heterocycles. The molecule has 0 aliphatic carbocycles. The molecule has 0 spiro atoms. The van der Waals surface area contributed by atoms with E-state index >= 15 is 0 Å². The highest BCUT2D eigenvalue weighted by Gasteiger charge is 2.20. The van der Waals surface area contributed by atoms with Crippen LogP contribution < -0.4 is 4.68 Å². The van der Waals surface area contributed by atoms with Crippen molar-refractivity contribution in [3.8, 4) is 0 Å².